The summed E-state index contributed by atoms with van der Waals surface area (Å²) in [5.74, 6) is -1.67. The van der Waals surface area contributed by atoms with E-state index in [1.54, 1.807) is 0 Å². The van der Waals surface area contributed by atoms with Gasteiger partial charge in [-0.05, 0) is 29.8 Å². The van der Waals surface area contributed by atoms with Gasteiger partial charge in [-0.15, -0.1) is 18.3 Å². The molecule has 5 N–H and O–H groups in total. The first-order valence-electron chi connectivity index (χ1n) is 8.28. The van der Waals surface area contributed by atoms with Crippen molar-refractivity contribution in [2.75, 3.05) is 11.1 Å². The van der Waals surface area contributed by atoms with Crippen molar-refractivity contribution in [2.45, 2.75) is 17.4 Å². The van der Waals surface area contributed by atoms with Gasteiger partial charge < -0.3 is 15.8 Å². The maximum Gasteiger partial charge on any atom is 0.573 e. The number of nitrogens with zero attached hydrogens (tertiary/aromatic N) is 2. The zero-order valence-electron chi connectivity index (χ0n) is 15.6. The Bertz CT molecular complexity index is 1310. The molecule has 9 nitrogen and oxygen atoms in total. The number of alkyl halides is 6. The third kappa shape index (κ3) is 5.77. The summed E-state index contributed by atoms with van der Waals surface area (Å²) in [4.78, 5) is 2.24. The maximum atomic E-state index is 13.8. The highest BCUT2D eigenvalue weighted by atomic mass is 35.5. The number of hydrogen-bond acceptors (Lipinski definition) is 7. The van der Waals surface area contributed by atoms with Crippen LogP contribution in [0.2, 0.25) is 5.02 Å². The molecule has 1 aromatic heterocycles. The molecule has 0 bridgehead atoms. The number of hydrogen-bond donors (Lipinski definition) is 4. The van der Waals surface area contributed by atoms with E-state index >= 15 is 0 Å². The highest BCUT2D eigenvalue weighted by Crippen LogP contribution is 2.44. The Labute approximate surface area is 185 Å². The van der Waals surface area contributed by atoms with E-state index in [2.05, 4.69) is 25.2 Å². The van der Waals surface area contributed by atoms with Gasteiger partial charge in [0.2, 0.25) is 11.9 Å². The number of nitrogen functional groups attached to an aromatic ring is 1. The third-order valence-corrected chi connectivity index (χ3v) is 5.06. The van der Waals surface area contributed by atoms with Gasteiger partial charge in [-0.2, -0.15) is 26.6 Å². The van der Waals surface area contributed by atoms with Crippen LogP contribution in [0.25, 0.3) is 11.1 Å². The summed E-state index contributed by atoms with van der Waals surface area (Å²) in [6.07, 6.45) is -10.4. The number of aromatic nitrogens is 3. The zero-order chi connectivity index (χ0) is 24.8. The molecule has 0 saturated carbocycles. The van der Waals surface area contributed by atoms with E-state index in [-0.39, 0.29) is 17.6 Å². The average Bonchev–Trinajstić information content (AvgIpc) is 3.03. The third-order valence-electron chi connectivity index (χ3n) is 3.89. The van der Waals surface area contributed by atoms with E-state index in [9.17, 15) is 39.3 Å². The van der Waals surface area contributed by atoms with Gasteiger partial charge in [0.1, 0.15) is 4.90 Å². The predicted octanol–water partition coefficient (Wildman–Crippen LogP) is 4.62. The lowest BCUT2D eigenvalue weighted by Crippen LogP contribution is -2.19. The number of aromatic amines is 1. The standard InChI is InChI=1S/C16H10ClF6N5O4S/c17-9-5-7(25-14-26-13(24)27-28-14)4-8(15(18,19)20)12(9)6-1-2-10(32-16(21,22)23)11(3-6)33(29,30)31/h1-5H,(H,29,30,31)(H4,24,25,26,27,28). The molecule has 0 spiro atoms. The van der Waals surface area contributed by atoms with Gasteiger partial charge in [0.25, 0.3) is 10.1 Å². The van der Waals surface area contributed by atoms with Crippen LogP contribution in [-0.2, 0) is 16.3 Å². The monoisotopic (exact) mass is 517 g/mol. The Morgan fingerprint density at radius 2 is 1.79 bits per heavy atom. The maximum absolute atomic E-state index is 13.8. The van der Waals surface area contributed by atoms with Crippen molar-refractivity contribution in [3.05, 3.63) is 40.9 Å². The number of nitrogens with two attached hydrogens (primary N) is 1. The van der Waals surface area contributed by atoms with Crippen LogP contribution in [0.5, 0.6) is 5.75 Å². The van der Waals surface area contributed by atoms with E-state index in [0.29, 0.717) is 18.2 Å². The average molecular weight is 518 g/mol. The fourth-order valence-corrected chi connectivity index (χ4v) is 3.70. The number of anilines is 3. The highest BCUT2D eigenvalue weighted by molar-refractivity contribution is 7.86. The van der Waals surface area contributed by atoms with Gasteiger partial charge in [-0.1, -0.05) is 17.7 Å². The summed E-state index contributed by atoms with van der Waals surface area (Å²) >= 11 is 6.02. The molecular weight excluding hydrogens is 508 g/mol. The summed E-state index contributed by atoms with van der Waals surface area (Å²) in [6.45, 7) is 0. The second-order valence-electron chi connectivity index (χ2n) is 6.23. The van der Waals surface area contributed by atoms with Crippen molar-refractivity contribution in [2.24, 2.45) is 0 Å². The van der Waals surface area contributed by atoms with Crippen LogP contribution in [0, 0.1) is 0 Å². The lowest BCUT2D eigenvalue weighted by molar-refractivity contribution is -0.275. The topological polar surface area (TPSA) is 143 Å². The van der Waals surface area contributed by atoms with Crippen LogP contribution in [0.15, 0.2) is 35.2 Å². The molecule has 1 heterocycles. The first-order valence-corrected chi connectivity index (χ1v) is 10.1. The molecule has 0 atom stereocenters. The van der Waals surface area contributed by atoms with Crippen molar-refractivity contribution in [1.82, 2.24) is 15.2 Å². The van der Waals surface area contributed by atoms with Crippen LogP contribution in [0.1, 0.15) is 5.56 Å². The molecule has 17 heteroatoms. The van der Waals surface area contributed by atoms with Crippen LogP contribution in [0.3, 0.4) is 0 Å². The number of rotatable bonds is 5. The molecule has 0 radical (unpaired) electrons. The molecule has 3 aromatic rings. The molecule has 0 aliphatic carbocycles. The number of halogens is 7. The number of H-pyrrole nitrogens is 1. The molecule has 3 rings (SSSR count). The van der Waals surface area contributed by atoms with Crippen LogP contribution in [-0.4, -0.2) is 34.5 Å². The van der Waals surface area contributed by atoms with E-state index in [0.717, 1.165) is 12.1 Å². The Balaban J connectivity index is 2.19. The minimum atomic E-state index is -5.34. The van der Waals surface area contributed by atoms with Gasteiger partial charge in [-0.25, -0.2) is 5.10 Å². The van der Waals surface area contributed by atoms with E-state index < -0.39 is 55.0 Å². The van der Waals surface area contributed by atoms with Crippen LogP contribution >= 0.6 is 11.6 Å². The number of ether oxygens (including phenoxy) is 1. The highest BCUT2D eigenvalue weighted by Gasteiger charge is 2.37. The summed E-state index contributed by atoms with van der Waals surface area (Å²) < 4.78 is 115. The second kappa shape index (κ2) is 8.27. The number of nitrogens with one attached hydrogen (secondary N) is 2. The SMILES string of the molecule is Nc1nc(Nc2cc(Cl)c(-c3ccc(OC(F)(F)F)c(S(=O)(=O)O)c3)c(C(F)(F)F)c2)n[nH]1. The minimum Gasteiger partial charge on any atom is -0.404 e. The number of benzene rings is 2. The molecule has 0 amide bonds. The van der Waals surface area contributed by atoms with Crippen molar-refractivity contribution in [3.8, 4) is 16.9 Å². The fraction of sp³-hybridized carbons (Fsp3) is 0.125. The summed E-state index contributed by atoms with van der Waals surface area (Å²) in [5.41, 5.74) is 2.38. The lowest BCUT2D eigenvalue weighted by Gasteiger charge is -2.18. The zero-order valence-corrected chi connectivity index (χ0v) is 17.2. The van der Waals surface area contributed by atoms with E-state index in [1.807, 2.05) is 0 Å². The van der Waals surface area contributed by atoms with Gasteiger partial charge >= 0.3 is 12.5 Å². The minimum absolute atomic E-state index is 0.129. The molecule has 0 unspecified atom stereocenters. The molecule has 0 fully saturated rings. The second-order valence-corrected chi connectivity index (χ2v) is 8.03. The van der Waals surface area contributed by atoms with E-state index in [1.165, 1.54) is 0 Å². The summed E-state index contributed by atoms with van der Waals surface area (Å²) in [5, 5.41) is 7.71. The lowest BCUT2D eigenvalue weighted by atomic mass is 9.98. The largest absolute Gasteiger partial charge is 0.573 e. The Morgan fingerprint density at radius 3 is 2.30 bits per heavy atom. The van der Waals surface area contributed by atoms with Crippen LogP contribution in [0.4, 0.5) is 43.9 Å². The van der Waals surface area contributed by atoms with Gasteiger partial charge in [-0.3, -0.25) is 4.55 Å². The summed E-state index contributed by atoms with van der Waals surface area (Å²) in [7, 11) is -5.34. The molecule has 0 aliphatic rings. The van der Waals surface area contributed by atoms with Gasteiger partial charge in [0.15, 0.2) is 5.75 Å². The van der Waals surface area contributed by atoms with Gasteiger partial charge in [0, 0.05) is 11.3 Å². The molecule has 0 aliphatic heterocycles. The fourth-order valence-electron chi connectivity index (χ4n) is 2.73. The van der Waals surface area contributed by atoms with Crippen molar-refractivity contribution < 1.29 is 44.0 Å². The molecule has 2 aromatic carbocycles. The summed E-state index contributed by atoms with van der Waals surface area (Å²) in [6, 6.07) is 3.11. The van der Waals surface area contributed by atoms with Crippen molar-refractivity contribution in [1.29, 1.82) is 0 Å². The molecule has 33 heavy (non-hydrogen) atoms. The quantitative estimate of drug-likeness (QED) is 0.284. The normalized spacial score (nSPS) is 12.6. The van der Waals surface area contributed by atoms with Crippen molar-refractivity contribution in [3.63, 3.8) is 0 Å². The molecular formula is C16H10ClF6N5O4S. The first kappa shape index (κ1) is 24.4. The molecule has 178 valence electrons. The van der Waals surface area contributed by atoms with Crippen LogP contribution < -0.4 is 15.8 Å². The molecule has 0 saturated heterocycles. The Morgan fingerprint density at radius 1 is 1.12 bits per heavy atom. The Kier molecular flexibility index (Phi) is 6.12. The predicted molar refractivity (Wildman–Crippen MR) is 102 cm³/mol. The van der Waals surface area contributed by atoms with Gasteiger partial charge in [0.05, 0.1) is 10.6 Å². The Hall–Kier alpha value is -3.24. The van der Waals surface area contributed by atoms with Crippen molar-refractivity contribution >= 4 is 39.3 Å². The first-order chi connectivity index (χ1) is 15.0. The van der Waals surface area contributed by atoms with E-state index in [4.69, 9.17) is 17.3 Å². The smallest absolute Gasteiger partial charge is 0.404 e.